The van der Waals surface area contributed by atoms with Crippen LogP contribution in [0.1, 0.15) is 62.3 Å². The zero-order chi connectivity index (χ0) is 19.3. The smallest absolute Gasteiger partial charge is 0.235 e. The van der Waals surface area contributed by atoms with E-state index in [4.69, 9.17) is 4.74 Å². The Balaban J connectivity index is 1.85. The molecule has 0 radical (unpaired) electrons. The number of rotatable bonds is 6. The highest BCUT2D eigenvalue weighted by molar-refractivity contribution is 5.99. The fourth-order valence-corrected chi connectivity index (χ4v) is 3.94. The first-order chi connectivity index (χ1) is 13.0. The van der Waals surface area contributed by atoms with Crippen molar-refractivity contribution >= 4 is 11.6 Å². The molecule has 0 spiro atoms. The maximum atomic E-state index is 13.4. The molecule has 3 rings (SSSR count). The van der Waals surface area contributed by atoms with Gasteiger partial charge >= 0.3 is 0 Å². The lowest BCUT2D eigenvalue weighted by atomic mass is 9.68. The predicted octanol–water partition coefficient (Wildman–Crippen LogP) is 5.33. The van der Waals surface area contributed by atoms with E-state index in [2.05, 4.69) is 48.4 Å². The lowest BCUT2D eigenvalue weighted by Gasteiger charge is -2.36. The number of hydrogen-bond acceptors (Lipinski definition) is 3. The molecule has 1 amide bonds. The Morgan fingerprint density at radius 3 is 2.59 bits per heavy atom. The number of anilines is 1. The van der Waals surface area contributed by atoms with E-state index >= 15 is 0 Å². The van der Waals surface area contributed by atoms with Crippen LogP contribution in [-0.4, -0.2) is 17.5 Å². The summed E-state index contributed by atoms with van der Waals surface area (Å²) in [4.78, 5) is 17.9. The maximum Gasteiger partial charge on any atom is 0.235 e. The largest absolute Gasteiger partial charge is 0.478 e. The molecule has 1 N–H and O–H groups in total. The molecular formula is C23H30N2O2. The predicted molar refractivity (Wildman–Crippen MR) is 109 cm³/mol. The van der Waals surface area contributed by atoms with Crippen molar-refractivity contribution in [2.75, 3.05) is 11.9 Å². The number of aromatic nitrogens is 1. The minimum absolute atomic E-state index is 0.0833. The molecule has 4 nitrogen and oxygen atoms in total. The van der Waals surface area contributed by atoms with Crippen LogP contribution in [0.25, 0.3) is 0 Å². The van der Waals surface area contributed by atoms with Crippen molar-refractivity contribution in [1.82, 2.24) is 4.98 Å². The number of carbonyl (C=O) groups excluding carboxylic acids is 1. The molecule has 1 fully saturated rings. The standard InChI is InChI=1S/C23H30N2O2/c1-4-15-27-21-12-11-20(18(3)24-21)25-22(26)23(13-6-5-7-14-23)19-10-8-9-17(2)16-19/h8-12,16H,4-7,13-15H2,1-3H3,(H,25,26). The number of benzene rings is 1. The third kappa shape index (κ3) is 4.32. The zero-order valence-corrected chi connectivity index (χ0v) is 16.7. The molecule has 1 aromatic heterocycles. The van der Waals surface area contributed by atoms with Crippen molar-refractivity contribution in [2.45, 2.75) is 64.7 Å². The molecule has 4 heteroatoms. The number of nitrogens with zero attached hydrogens (tertiary/aromatic N) is 1. The second-order valence-corrected chi connectivity index (χ2v) is 7.60. The summed E-state index contributed by atoms with van der Waals surface area (Å²) in [6.45, 7) is 6.71. The van der Waals surface area contributed by atoms with Crippen molar-refractivity contribution < 1.29 is 9.53 Å². The first kappa shape index (κ1) is 19.4. The van der Waals surface area contributed by atoms with Crippen LogP contribution in [0.3, 0.4) is 0 Å². The molecule has 0 bridgehead atoms. The molecular weight excluding hydrogens is 336 g/mol. The van der Waals surface area contributed by atoms with Crippen molar-refractivity contribution in [2.24, 2.45) is 0 Å². The normalized spacial score (nSPS) is 16.0. The first-order valence-electron chi connectivity index (χ1n) is 10.0. The highest BCUT2D eigenvalue weighted by atomic mass is 16.5. The summed E-state index contributed by atoms with van der Waals surface area (Å²) < 4.78 is 5.59. The van der Waals surface area contributed by atoms with Crippen LogP contribution in [0.15, 0.2) is 36.4 Å². The van der Waals surface area contributed by atoms with Crippen LogP contribution in [0, 0.1) is 13.8 Å². The average molecular weight is 367 g/mol. The molecule has 144 valence electrons. The van der Waals surface area contributed by atoms with E-state index in [0.29, 0.717) is 12.5 Å². The van der Waals surface area contributed by atoms with E-state index in [1.807, 2.05) is 19.1 Å². The molecule has 1 aliphatic carbocycles. The molecule has 1 aromatic carbocycles. The Labute approximate surface area is 162 Å². The van der Waals surface area contributed by atoms with Gasteiger partial charge in [-0.15, -0.1) is 0 Å². The Hall–Kier alpha value is -2.36. The Bertz CT molecular complexity index is 795. The topological polar surface area (TPSA) is 51.2 Å². The molecule has 1 saturated carbocycles. The number of hydrogen-bond donors (Lipinski definition) is 1. The molecule has 1 heterocycles. The number of amides is 1. The number of nitrogens with one attached hydrogen (secondary N) is 1. The van der Waals surface area contributed by atoms with E-state index < -0.39 is 5.41 Å². The minimum Gasteiger partial charge on any atom is -0.478 e. The van der Waals surface area contributed by atoms with Crippen LogP contribution in [0.4, 0.5) is 5.69 Å². The maximum absolute atomic E-state index is 13.4. The van der Waals surface area contributed by atoms with E-state index in [-0.39, 0.29) is 5.91 Å². The van der Waals surface area contributed by atoms with E-state index in [9.17, 15) is 4.79 Å². The van der Waals surface area contributed by atoms with Crippen LogP contribution in [0.2, 0.25) is 0 Å². The van der Waals surface area contributed by atoms with Gasteiger partial charge < -0.3 is 10.1 Å². The fourth-order valence-electron chi connectivity index (χ4n) is 3.94. The fraction of sp³-hybridized carbons (Fsp3) is 0.478. The number of ether oxygens (including phenoxy) is 1. The van der Waals surface area contributed by atoms with E-state index in [1.54, 1.807) is 0 Å². The van der Waals surface area contributed by atoms with Gasteiger partial charge in [0, 0.05) is 6.07 Å². The molecule has 1 aliphatic rings. The minimum atomic E-state index is -0.450. The lowest BCUT2D eigenvalue weighted by molar-refractivity contribution is -0.122. The van der Waals surface area contributed by atoms with Crippen molar-refractivity contribution in [1.29, 1.82) is 0 Å². The highest BCUT2D eigenvalue weighted by Gasteiger charge is 2.41. The summed E-state index contributed by atoms with van der Waals surface area (Å²) in [6, 6.07) is 12.1. The summed E-state index contributed by atoms with van der Waals surface area (Å²) in [5.74, 6) is 0.693. The van der Waals surface area contributed by atoms with Gasteiger partial charge in [-0.25, -0.2) is 4.98 Å². The molecule has 2 aromatic rings. The zero-order valence-electron chi connectivity index (χ0n) is 16.7. The lowest BCUT2D eigenvalue weighted by Crippen LogP contribution is -2.42. The third-order valence-electron chi connectivity index (χ3n) is 5.47. The number of carbonyl (C=O) groups is 1. The van der Waals surface area contributed by atoms with Gasteiger partial charge in [-0.05, 0) is 44.7 Å². The highest BCUT2D eigenvalue weighted by Crippen LogP contribution is 2.41. The van der Waals surface area contributed by atoms with Gasteiger partial charge in [0.15, 0.2) is 0 Å². The van der Waals surface area contributed by atoms with Crippen molar-refractivity contribution in [3.05, 3.63) is 53.2 Å². The van der Waals surface area contributed by atoms with Gasteiger partial charge in [0.25, 0.3) is 0 Å². The monoisotopic (exact) mass is 366 g/mol. The molecule has 0 aliphatic heterocycles. The molecule has 27 heavy (non-hydrogen) atoms. The summed E-state index contributed by atoms with van der Waals surface area (Å²) >= 11 is 0. The van der Waals surface area contributed by atoms with Gasteiger partial charge in [-0.1, -0.05) is 56.0 Å². The molecule has 0 atom stereocenters. The Kier molecular flexibility index (Phi) is 6.15. The van der Waals surface area contributed by atoms with Crippen LogP contribution < -0.4 is 10.1 Å². The Morgan fingerprint density at radius 2 is 1.93 bits per heavy atom. The number of aryl methyl sites for hydroxylation is 2. The first-order valence-corrected chi connectivity index (χ1v) is 10.0. The van der Waals surface area contributed by atoms with Crippen LogP contribution in [0.5, 0.6) is 5.88 Å². The SMILES string of the molecule is CCCOc1ccc(NC(=O)C2(c3cccc(C)c3)CCCCC2)c(C)n1. The van der Waals surface area contributed by atoms with Crippen LogP contribution in [-0.2, 0) is 10.2 Å². The molecule has 0 unspecified atom stereocenters. The average Bonchev–Trinajstić information content (AvgIpc) is 2.68. The van der Waals surface area contributed by atoms with Gasteiger partial charge in [-0.3, -0.25) is 4.79 Å². The van der Waals surface area contributed by atoms with Gasteiger partial charge in [0.2, 0.25) is 11.8 Å². The van der Waals surface area contributed by atoms with Crippen molar-refractivity contribution in [3.8, 4) is 5.88 Å². The van der Waals surface area contributed by atoms with Gasteiger partial charge in [-0.2, -0.15) is 0 Å². The summed E-state index contributed by atoms with van der Waals surface area (Å²) in [5, 5.41) is 3.17. The molecule has 0 saturated heterocycles. The van der Waals surface area contributed by atoms with Crippen molar-refractivity contribution in [3.63, 3.8) is 0 Å². The van der Waals surface area contributed by atoms with E-state index in [0.717, 1.165) is 49.0 Å². The second-order valence-electron chi connectivity index (χ2n) is 7.60. The van der Waals surface area contributed by atoms with Gasteiger partial charge in [0.05, 0.1) is 23.4 Å². The van der Waals surface area contributed by atoms with Crippen LogP contribution >= 0.6 is 0 Å². The second kappa shape index (κ2) is 8.55. The van der Waals surface area contributed by atoms with Gasteiger partial charge in [0.1, 0.15) is 0 Å². The summed E-state index contributed by atoms with van der Waals surface area (Å²) in [5.41, 5.74) is 3.43. The summed E-state index contributed by atoms with van der Waals surface area (Å²) in [6.07, 6.45) is 6.10. The number of pyridine rings is 1. The Morgan fingerprint density at radius 1 is 1.15 bits per heavy atom. The van der Waals surface area contributed by atoms with E-state index in [1.165, 1.54) is 12.0 Å². The summed E-state index contributed by atoms with van der Waals surface area (Å²) in [7, 11) is 0. The third-order valence-corrected chi connectivity index (χ3v) is 5.47. The quantitative estimate of drug-likeness (QED) is 0.752.